The Hall–Kier alpha value is -1.91. The Bertz CT molecular complexity index is 466. The molecule has 5 heteroatoms. The highest BCUT2D eigenvalue weighted by atomic mass is 16.5. The van der Waals surface area contributed by atoms with Gasteiger partial charge in [0, 0.05) is 24.0 Å². The fourth-order valence-corrected chi connectivity index (χ4v) is 2.39. The molecular formula is C13H15NO4. The van der Waals surface area contributed by atoms with E-state index in [1.54, 1.807) is 6.92 Å². The van der Waals surface area contributed by atoms with Gasteiger partial charge in [-0.3, -0.25) is 5.32 Å². The Balaban J connectivity index is 1.99. The first-order valence-electron chi connectivity index (χ1n) is 6.17. The zero-order valence-corrected chi connectivity index (χ0v) is 10.2. The lowest BCUT2D eigenvalue weighted by molar-refractivity contribution is 0.167. The molecule has 0 atom stereocenters. The summed E-state index contributed by atoms with van der Waals surface area (Å²) in [6.07, 6.45) is 1.19. The zero-order chi connectivity index (χ0) is 12.5. The number of hydrogen-bond donors (Lipinski definition) is 1. The van der Waals surface area contributed by atoms with Gasteiger partial charge in [-0.1, -0.05) is 0 Å². The van der Waals surface area contributed by atoms with E-state index in [9.17, 15) is 4.79 Å². The smallest absolute Gasteiger partial charge is 0.411 e. The van der Waals surface area contributed by atoms with Crippen LogP contribution in [0.2, 0.25) is 0 Å². The average Bonchev–Trinajstić information content (AvgIpc) is 2.96. The van der Waals surface area contributed by atoms with Crippen LogP contribution in [-0.2, 0) is 17.6 Å². The van der Waals surface area contributed by atoms with Crippen molar-refractivity contribution in [1.29, 1.82) is 0 Å². The van der Waals surface area contributed by atoms with Crippen molar-refractivity contribution in [2.45, 2.75) is 19.8 Å². The molecule has 2 aliphatic rings. The summed E-state index contributed by atoms with van der Waals surface area (Å²) in [5.41, 5.74) is 2.81. The second-order valence-electron chi connectivity index (χ2n) is 4.26. The van der Waals surface area contributed by atoms with Gasteiger partial charge in [0.2, 0.25) is 0 Å². The minimum absolute atomic E-state index is 0.348. The van der Waals surface area contributed by atoms with Crippen LogP contribution in [0.25, 0.3) is 0 Å². The molecule has 0 saturated carbocycles. The van der Waals surface area contributed by atoms with Crippen molar-refractivity contribution in [3.05, 3.63) is 17.2 Å². The Morgan fingerprint density at radius 1 is 1.39 bits per heavy atom. The summed E-state index contributed by atoms with van der Waals surface area (Å²) in [5, 5.41) is 2.78. The first kappa shape index (κ1) is 11.2. The molecule has 0 aromatic heterocycles. The Morgan fingerprint density at radius 3 is 3.06 bits per heavy atom. The van der Waals surface area contributed by atoms with Crippen LogP contribution in [0, 0.1) is 0 Å². The van der Waals surface area contributed by atoms with Crippen LogP contribution in [-0.4, -0.2) is 25.9 Å². The van der Waals surface area contributed by atoms with E-state index >= 15 is 0 Å². The quantitative estimate of drug-likeness (QED) is 0.872. The minimum atomic E-state index is -0.449. The lowest BCUT2D eigenvalue weighted by Gasteiger charge is -2.13. The standard InChI is InChI=1S/C13H15NO4/c1-2-16-13(15)14-11-9-4-6-17-10(9)7-8-3-5-18-12(8)11/h7H,2-6H2,1H3,(H,14,15). The lowest BCUT2D eigenvalue weighted by atomic mass is 10.0. The van der Waals surface area contributed by atoms with Crippen molar-refractivity contribution < 1.29 is 19.0 Å². The molecule has 0 fully saturated rings. The third kappa shape index (κ3) is 1.75. The molecule has 1 amide bonds. The average molecular weight is 249 g/mol. The molecule has 0 aliphatic carbocycles. The SMILES string of the molecule is CCOC(=O)Nc1c2c(cc3c1OCC3)OCC2. The van der Waals surface area contributed by atoms with Crippen LogP contribution >= 0.6 is 0 Å². The van der Waals surface area contributed by atoms with Crippen molar-refractivity contribution in [1.82, 2.24) is 0 Å². The van der Waals surface area contributed by atoms with Crippen LogP contribution in [0.5, 0.6) is 11.5 Å². The first-order chi connectivity index (χ1) is 8.79. The molecule has 2 aliphatic heterocycles. The first-order valence-corrected chi connectivity index (χ1v) is 6.17. The zero-order valence-electron chi connectivity index (χ0n) is 10.2. The fourth-order valence-electron chi connectivity index (χ4n) is 2.39. The van der Waals surface area contributed by atoms with Gasteiger partial charge in [-0.05, 0) is 13.0 Å². The maximum absolute atomic E-state index is 11.6. The number of hydrogen-bond acceptors (Lipinski definition) is 4. The molecule has 0 saturated heterocycles. The summed E-state index contributed by atoms with van der Waals surface area (Å²) in [5.74, 6) is 1.62. The molecule has 96 valence electrons. The summed E-state index contributed by atoms with van der Waals surface area (Å²) >= 11 is 0. The summed E-state index contributed by atoms with van der Waals surface area (Å²) in [6, 6.07) is 2.01. The van der Waals surface area contributed by atoms with Gasteiger partial charge in [0.25, 0.3) is 0 Å². The molecule has 3 rings (SSSR count). The molecule has 1 aromatic rings. The molecule has 1 N–H and O–H groups in total. The van der Waals surface area contributed by atoms with Gasteiger partial charge in [-0.2, -0.15) is 0 Å². The van der Waals surface area contributed by atoms with Crippen LogP contribution in [0.3, 0.4) is 0 Å². The largest absolute Gasteiger partial charge is 0.493 e. The molecule has 0 unspecified atom stereocenters. The number of ether oxygens (including phenoxy) is 3. The van der Waals surface area contributed by atoms with Crippen LogP contribution < -0.4 is 14.8 Å². The van der Waals surface area contributed by atoms with Crippen LogP contribution in [0.15, 0.2) is 6.07 Å². The second-order valence-corrected chi connectivity index (χ2v) is 4.26. The number of carbonyl (C=O) groups excluding carboxylic acids is 1. The molecule has 2 heterocycles. The third-order valence-corrected chi connectivity index (χ3v) is 3.15. The van der Waals surface area contributed by atoms with Gasteiger partial charge in [0.15, 0.2) is 0 Å². The molecule has 0 spiro atoms. The van der Waals surface area contributed by atoms with E-state index in [2.05, 4.69) is 5.32 Å². The molecule has 18 heavy (non-hydrogen) atoms. The van der Waals surface area contributed by atoms with Gasteiger partial charge in [-0.15, -0.1) is 0 Å². The normalized spacial score (nSPS) is 15.4. The number of amides is 1. The Kier molecular flexibility index (Phi) is 2.74. The van der Waals surface area contributed by atoms with E-state index in [-0.39, 0.29) is 0 Å². The van der Waals surface area contributed by atoms with E-state index in [0.29, 0.717) is 19.8 Å². The van der Waals surface area contributed by atoms with E-state index < -0.39 is 6.09 Å². The Morgan fingerprint density at radius 2 is 2.22 bits per heavy atom. The lowest BCUT2D eigenvalue weighted by Crippen LogP contribution is -2.15. The second kappa shape index (κ2) is 4.40. The van der Waals surface area contributed by atoms with E-state index in [4.69, 9.17) is 14.2 Å². The summed E-state index contributed by atoms with van der Waals surface area (Å²) < 4.78 is 16.1. The van der Waals surface area contributed by atoms with Gasteiger partial charge >= 0.3 is 6.09 Å². The monoisotopic (exact) mass is 249 g/mol. The van der Waals surface area contributed by atoms with E-state index in [1.165, 1.54) is 0 Å². The maximum Gasteiger partial charge on any atom is 0.411 e. The summed E-state index contributed by atoms with van der Waals surface area (Å²) in [4.78, 5) is 11.6. The van der Waals surface area contributed by atoms with Gasteiger partial charge < -0.3 is 14.2 Å². The van der Waals surface area contributed by atoms with Gasteiger partial charge in [0.05, 0.1) is 25.5 Å². The topological polar surface area (TPSA) is 56.8 Å². The molecule has 0 radical (unpaired) electrons. The molecule has 5 nitrogen and oxygen atoms in total. The Labute approximate surface area is 105 Å². The maximum atomic E-state index is 11.6. The number of rotatable bonds is 2. The van der Waals surface area contributed by atoms with E-state index in [0.717, 1.165) is 41.2 Å². The predicted octanol–water partition coefficient (Wildman–Crippen LogP) is 2.12. The highest BCUT2D eigenvalue weighted by molar-refractivity contribution is 5.90. The fraction of sp³-hybridized carbons (Fsp3) is 0.462. The number of benzene rings is 1. The molecular weight excluding hydrogens is 234 g/mol. The number of anilines is 1. The van der Waals surface area contributed by atoms with Crippen molar-refractivity contribution in [3.8, 4) is 11.5 Å². The molecule has 1 aromatic carbocycles. The van der Waals surface area contributed by atoms with Gasteiger partial charge in [0.1, 0.15) is 11.5 Å². The van der Waals surface area contributed by atoms with Gasteiger partial charge in [-0.25, -0.2) is 4.79 Å². The minimum Gasteiger partial charge on any atom is -0.493 e. The number of nitrogens with one attached hydrogen (secondary N) is 1. The van der Waals surface area contributed by atoms with Crippen LogP contribution in [0.1, 0.15) is 18.1 Å². The van der Waals surface area contributed by atoms with Crippen molar-refractivity contribution in [2.24, 2.45) is 0 Å². The third-order valence-electron chi connectivity index (χ3n) is 3.15. The summed E-state index contributed by atoms with van der Waals surface area (Å²) in [7, 11) is 0. The van der Waals surface area contributed by atoms with Crippen molar-refractivity contribution in [2.75, 3.05) is 25.1 Å². The number of carbonyl (C=O) groups is 1. The van der Waals surface area contributed by atoms with Crippen LogP contribution in [0.4, 0.5) is 10.5 Å². The number of fused-ring (bicyclic) bond motifs is 2. The summed E-state index contributed by atoms with van der Waals surface area (Å²) in [6.45, 7) is 3.42. The van der Waals surface area contributed by atoms with E-state index in [1.807, 2.05) is 6.07 Å². The predicted molar refractivity (Wildman–Crippen MR) is 65.5 cm³/mol. The molecule has 0 bridgehead atoms. The van der Waals surface area contributed by atoms with Crippen molar-refractivity contribution in [3.63, 3.8) is 0 Å². The highest BCUT2D eigenvalue weighted by Gasteiger charge is 2.27. The van der Waals surface area contributed by atoms with Crippen molar-refractivity contribution >= 4 is 11.8 Å². The highest BCUT2D eigenvalue weighted by Crippen LogP contribution is 2.44.